The van der Waals surface area contributed by atoms with E-state index < -0.39 is 11.6 Å². The summed E-state index contributed by atoms with van der Waals surface area (Å²) in [6, 6.07) is 5.96. The summed E-state index contributed by atoms with van der Waals surface area (Å²) < 4.78 is 15.5. The summed E-state index contributed by atoms with van der Waals surface area (Å²) in [7, 11) is 1.86. The Bertz CT molecular complexity index is 833. The van der Waals surface area contributed by atoms with E-state index in [1.54, 1.807) is 17.0 Å². The first-order valence-electron chi connectivity index (χ1n) is 7.70. The maximum atomic E-state index is 13.8. The van der Waals surface area contributed by atoms with E-state index in [-0.39, 0.29) is 18.7 Å². The number of benzene rings is 1. The number of amides is 1. The molecule has 0 aliphatic heterocycles. The quantitative estimate of drug-likeness (QED) is 0.859. The zero-order chi connectivity index (χ0) is 17.3. The molecule has 0 unspecified atom stereocenters. The Morgan fingerprint density at radius 2 is 2.21 bits per heavy atom. The van der Waals surface area contributed by atoms with E-state index in [2.05, 4.69) is 22.1 Å². The van der Waals surface area contributed by atoms with E-state index in [0.29, 0.717) is 0 Å². The Kier molecular flexibility index (Phi) is 4.05. The largest absolute Gasteiger partial charge is 0.308 e. The number of alkyl halides is 1. The maximum absolute atomic E-state index is 13.8. The predicted molar refractivity (Wildman–Crippen MR) is 92.1 cm³/mol. The van der Waals surface area contributed by atoms with Crippen molar-refractivity contribution in [3.63, 3.8) is 0 Å². The second-order valence-electron chi connectivity index (χ2n) is 6.08. The van der Waals surface area contributed by atoms with Crippen LogP contribution in [0.3, 0.4) is 0 Å². The van der Waals surface area contributed by atoms with Gasteiger partial charge in [-0.25, -0.2) is 9.38 Å². The molecular weight excluding hydrogens is 307 g/mol. The molecule has 0 atom stereocenters. The molecule has 2 aromatic rings. The van der Waals surface area contributed by atoms with E-state index in [9.17, 15) is 9.18 Å². The molecule has 6 heteroatoms. The molecule has 1 saturated carbocycles. The van der Waals surface area contributed by atoms with Gasteiger partial charge in [-0.1, -0.05) is 12.1 Å². The van der Waals surface area contributed by atoms with Gasteiger partial charge in [0.15, 0.2) is 5.67 Å². The second kappa shape index (κ2) is 6.03. The van der Waals surface area contributed by atoms with E-state index in [1.165, 1.54) is 0 Å². The van der Waals surface area contributed by atoms with Gasteiger partial charge in [0.25, 0.3) is 5.91 Å². The molecule has 1 aliphatic rings. The lowest BCUT2D eigenvalue weighted by Gasteiger charge is -2.09. The minimum Gasteiger partial charge on any atom is -0.308 e. The summed E-state index contributed by atoms with van der Waals surface area (Å²) in [5.41, 5.74) is 2.14. The second-order valence-corrected chi connectivity index (χ2v) is 6.08. The van der Waals surface area contributed by atoms with Gasteiger partial charge < -0.3 is 5.32 Å². The van der Waals surface area contributed by atoms with Crippen molar-refractivity contribution in [3.8, 4) is 11.1 Å². The van der Waals surface area contributed by atoms with E-state index in [1.807, 2.05) is 38.4 Å². The highest BCUT2D eigenvalue weighted by molar-refractivity contribution is 5.90. The van der Waals surface area contributed by atoms with Crippen LogP contribution in [0.25, 0.3) is 17.2 Å². The number of nitrogens with zero attached hydrogens (tertiary/aromatic N) is 3. The smallest absolute Gasteiger partial charge is 0.263 e. The van der Waals surface area contributed by atoms with E-state index >= 15 is 0 Å². The lowest BCUT2D eigenvalue weighted by atomic mass is 10.0. The Morgan fingerprint density at radius 1 is 1.46 bits per heavy atom. The Labute approximate surface area is 139 Å². The molecule has 1 aromatic heterocycles. The number of carbonyl (C=O) groups excluding carboxylic acids is 1. The molecule has 0 saturated heterocycles. The predicted octanol–water partition coefficient (Wildman–Crippen LogP) is 3.01. The lowest BCUT2D eigenvalue weighted by molar-refractivity contribution is -0.126. The summed E-state index contributed by atoms with van der Waals surface area (Å²) in [6.45, 7) is 5.41. The zero-order valence-corrected chi connectivity index (χ0v) is 13.7. The van der Waals surface area contributed by atoms with Gasteiger partial charge in [-0.3, -0.25) is 9.48 Å². The summed E-state index contributed by atoms with van der Waals surface area (Å²) >= 11 is 0. The molecule has 1 N–H and O–H groups in total. The summed E-state index contributed by atoms with van der Waals surface area (Å²) in [5, 5.41) is 6.68. The average molecular weight is 326 g/mol. The van der Waals surface area contributed by atoms with Gasteiger partial charge in [-0.2, -0.15) is 5.10 Å². The van der Waals surface area contributed by atoms with Crippen molar-refractivity contribution in [2.45, 2.75) is 25.4 Å². The van der Waals surface area contributed by atoms with Crippen LogP contribution in [0.2, 0.25) is 0 Å². The van der Waals surface area contributed by atoms with Crippen molar-refractivity contribution in [2.75, 3.05) is 0 Å². The number of nitrogens with one attached hydrogen (secondary N) is 1. The fraction of sp³-hybridized carbons (Fsp3) is 0.278. The number of hydrogen-bond donors (Lipinski definition) is 1. The highest BCUT2D eigenvalue weighted by atomic mass is 19.1. The van der Waals surface area contributed by atoms with Crippen LogP contribution in [0.4, 0.5) is 4.39 Å². The molecule has 1 heterocycles. The molecule has 124 valence electrons. The monoisotopic (exact) mass is 326 g/mol. The van der Waals surface area contributed by atoms with Gasteiger partial charge in [0, 0.05) is 18.8 Å². The van der Waals surface area contributed by atoms with Gasteiger partial charge in [0.1, 0.15) is 5.82 Å². The topological polar surface area (TPSA) is 59.3 Å². The summed E-state index contributed by atoms with van der Waals surface area (Å²) in [5.74, 6) is -0.405. The highest BCUT2D eigenvalue weighted by Crippen LogP contribution is 2.40. The van der Waals surface area contributed by atoms with Crippen LogP contribution >= 0.6 is 0 Å². The third-order valence-electron chi connectivity index (χ3n) is 4.12. The van der Waals surface area contributed by atoms with Crippen molar-refractivity contribution in [3.05, 3.63) is 47.5 Å². The Morgan fingerprint density at radius 3 is 2.79 bits per heavy atom. The lowest BCUT2D eigenvalue weighted by Crippen LogP contribution is -2.32. The van der Waals surface area contributed by atoms with Crippen molar-refractivity contribution in [1.82, 2.24) is 15.1 Å². The van der Waals surface area contributed by atoms with Crippen molar-refractivity contribution in [1.29, 1.82) is 0 Å². The SMILES string of the molecule is C=N/C(=C\c1cc(-c2cnn(C)c2)ccc1C)NC(=O)C1(F)CC1. The maximum Gasteiger partial charge on any atom is 0.263 e. The molecule has 1 aliphatic carbocycles. The Balaban J connectivity index is 1.89. The number of aromatic nitrogens is 2. The normalized spacial score (nSPS) is 15.9. The van der Waals surface area contributed by atoms with Crippen LogP contribution in [0, 0.1) is 6.92 Å². The van der Waals surface area contributed by atoms with Gasteiger partial charge in [-0.05, 0) is 55.3 Å². The molecule has 0 radical (unpaired) electrons. The third kappa shape index (κ3) is 3.27. The molecular formula is C18H19FN4O. The molecule has 1 amide bonds. The highest BCUT2D eigenvalue weighted by Gasteiger charge is 2.51. The fourth-order valence-corrected chi connectivity index (χ4v) is 2.38. The molecule has 0 bridgehead atoms. The molecule has 1 fully saturated rings. The van der Waals surface area contributed by atoms with Gasteiger partial charge in [0.2, 0.25) is 0 Å². The van der Waals surface area contributed by atoms with Crippen molar-refractivity contribution < 1.29 is 9.18 Å². The van der Waals surface area contributed by atoms with Crippen LogP contribution in [-0.4, -0.2) is 28.1 Å². The molecule has 5 nitrogen and oxygen atoms in total. The first-order valence-corrected chi connectivity index (χ1v) is 7.70. The molecule has 24 heavy (non-hydrogen) atoms. The minimum atomic E-state index is -1.74. The number of carbonyl (C=O) groups is 1. The fourth-order valence-electron chi connectivity index (χ4n) is 2.38. The number of hydrogen-bond acceptors (Lipinski definition) is 3. The molecule has 0 spiro atoms. The minimum absolute atomic E-state index is 0.246. The molecule has 1 aromatic carbocycles. The van der Waals surface area contributed by atoms with Gasteiger partial charge in [0.05, 0.1) is 6.20 Å². The van der Waals surface area contributed by atoms with Gasteiger partial charge in [-0.15, -0.1) is 0 Å². The van der Waals surface area contributed by atoms with Crippen LogP contribution in [0.1, 0.15) is 24.0 Å². The van der Waals surface area contributed by atoms with Crippen LogP contribution in [0.15, 0.2) is 41.4 Å². The average Bonchev–Trinajstić information content (AvgIpc) is 3.17. The number of rotatable bonds is 5. The van der Waals surface area contributed by atoms with Crippen LogP contribution in [0.5, 0.6) is 0 Å². The summed E-state index contributed by atoms with van der Waals surface area (Å²) in [4.78, 5) is 15.6. The van der Waals surface area contributed by atoms with Crippen molar-refractivity contribution >= 4 is 18.7 Å². The van der Waals surface area contributed by atoms with Gasteiger partial charge >= 0.3 is 0 Å². The van der Waals surface area contributed by atoms with E-state index in [0.717, 1.165) is 22.3 Å². The first-order chi connectivity index (χ1) is 11.4. The summed E-state index contributed by atoms with van der Waals surface area (Å²) in [6.07, 6.45) is 5.93. The Hall–Kier alpha value is -2.76. The van der Waals surface area contributed by atoms with Crippen LogP contribution < -0.4 is 5.32 Å². The first kappa shape index (κ1) is 16.1. The molecule has 3 rings (SSSR count). The van der Waals surface area contributed by atoms with Crippen LogP contribution in [-0.2, 0) is 11.8 Å². The number of aryl methyl sites for hydroxylation is 2. The standard InChI is InChI=1S/C18H19FN4O/c1-12-4-5-13(15-10-21-23(3)11-15)8-14(12)9-16(20-2)22-17(24)18(19)6-7-18/h4-5,8-11H,2,6-7H2,1,3H3,(H,22,24)/b16-9+. The number of halogens is 1. The third-order valence-corrected chi connectivity index (χ3v) is 4.12. The van der Waals surface area contributed by atoms with E-state index in [4.69, 9.17) is 0 Å². The number of aliphatic imine (C=N–C) groups is 1. The van der Waals surface area contributed by atoms with Crippen molar-refractivity contribution in [2.24, 2.45) is 12.0 Å². The zero-order valence-electron chi connectivity index (χ0n) is 13.7.